The maximum Gasteiger partial charge on any atom is 0.119 e. The highest BCUT2D eigenvalue weighted by molar-refractivity contribution is 7.10. The maximum absolute atomic E-state index is 5.81. The summed E-state index contributed by atoms with van der Waals surface area (Å²) in [5.41, 5.74) is 1.20. The molecule has 0 aliphatic carbocycles. The van der Waals surface area contributed by atoms with E-state index in [0.717, 1.165) is 25.3 Å². The van der Waals surface area contributed by atoms with Crippen molar-refractivity contribution in [1.82, 2.24) is 4.90 Å². The summed E-state index contributed by atoms with van der Waals surface area (Å²) in [5, 5.41) is 0. The Morgan fingerprint density at radius 2 is 1.68 bits per heavy atom. The summed E-state index contributed by atoms with van der Waals surface area (Å²) >= 11 is 0. The Morgan fingerprint density at radius 1 is 0.964 bits per heavy atom. The third-order valence-electron chi connectivity index (χ3n) is 5.03. The molecule has 0 radical (unpaired) electrons. The molecule has 1 aliphatic rings. The summed E-state index contributed by atoms with van der Waals surface area (Å²) in [6, 6.07) is 8.32. The molecule has 1 fully saturated rings. The summed E-state index contributed by atoms with van der Waals surface area (Å²) < 4.78 is 28.0. The van der Waals surface area contributed by atoms with Crippen molar-refractivity contribution < 1.29 is 22.8 Å². The van der Waals surface area contributed by atoms with E-state index < -0.39 is 0 Å². The Bertz CT molecular complexity index is 553. The van der Waals surface area contributed by atoms with E-state index >= 15 is 0 Å². The first kappa shape index (κ1) is 24.8. The topological polar surface area (TPSA) is 49.4 Å². The van der Waals surface area contributed by atoms with Crippen LogP contribution >= 0.6 is 37.9 Å². The Balaban J connectivity index is 2.04. The average molecular weight is 467 g/mol. The highest BCUT2D eigenvalue weighted by Crippen LogP contribution is 2.31. The van der Waals surface area contributed by atoms with Crippen molar-refractivity contribution >= 4 is 37.9 Å². The van der Waals surface area contributed by atoms with Gasteiger partial charge in [0.05, 0.1) is 19.3 Å². The second-order valence-corrected chi connectivity index (χ2v) is 8.06. The number of rotatable bonds is 12. The van der Waals surface area contributed by atoms with Crippen LogP contribution in [0.3, 0.4) is 0 Å². The quantitative estimate of drug-likeness (QED) is 0.345. The van der Waals surface area contributed by atoms with Gasteiger partial charge in [-0.1, -0.05) is 31.9 Å². The number of likely N-dealkylation sites (tertiary alicyclic amines) is 1. The van der Waals surface area contributed by atoms with Gasteiger partial charge in [-0.25, -0.2) is 0 Å². The molecule has 1 heterocycles. The van der Waals surface area contributed by atoms with Crippen LogP contribution in [0.1, 0.15) is 31.7 Å². The van der Waals surface area contributed by atoms with Gasteiger partial charge in [-0.3, -0.25) is 4.90 Å². The molecule has 1 aliphatic heterocycles. The number of piperidine rings is 1. The summed E-state index contributed by atoms with van der Waals surface area (Å²) in [6.07, 6.45) is 2.95. The highest BCUT2D eigenvalue weighted by Gasteiger charge is 2.44. The summed E-state index contributed by atoms with van der Waals surface area (Å²) in [7, 11) is 9.33. The highest BCUT2D eigenvalue weighted by atomic mass is 31.0. The standard InChI is InChI=1S/C18H33NO5P4/c1-2-3-4-9-20-14-7-5-13(6-8-14)10-19-11-16(22-26)18(24-28)17(23-27)15(19)12-21-25/h5-8,15-18H,2-4,9-12,25-28H2,1H3/t15-,16-,17-,18+/m0/s1. The van der Waals surface area contributed by atoms with Crippen molar-refractivity contribution in [3.63, 3.8) is 0 Å². The predicted molar refractivity (Wildman–Crippen MR) is 125 cm³/mol. The summed E-state index contributed by atoms with van der Waals surface area (Å²) in [5.74, 6) is 0.914. The third kappa shape index (κ3) is 7.05. The molecule has 10 heteroatoms. The van der Waals surface area contributed by atoms with Gasteiger partial charge < -0.3 is 22.8 Å². The Labute approximate surface area is 178 Å². The van der Waals surface area contributed by atoms with Crippen LogP contribution in [0.5, 0.6) is 5.75 Å². The smallest absolute Gasteiger partial charge is 0.119 e. The van der Waals surface area contributed by atoms with Crippen molar-refractivity contribution in [1.29, 1.82) is 0 Å². The number of hydrogen-bond donors (Lipinski definition) is 0. The number of benzene rings is 1. The van der Waals surface area contributed by atoms with Crippen LogP contribution in [-0.4, -0.2) is 49.0 Å². The first-order valence-electron chi connectivity index (χ1n) is 9.52. The van der Waals surface area contributed by atoms with Gasteiger partial charge in [0.1, 0.15) is 24.1 Å². The lowest BCUT2D eigenvalue weighted by atomic mass is 9.93. The lowest BCUT2D eigenvalue weighted by molar-refractivity contribution is -0.104. The molecule has 1 aromatic rings. The molecule has 0 bridgehead atoms. The van der Waals surface area contributed by atoms with E-state index in [1.54, 1.807) is 0 Å². The molecule has 0 amide bonds. The molecule has 0 saturated carbocycles. The lowest BCUT2D eigenvalue weighted by Gasteiger charge is -2.47. The van der Waals surface area contributed by atoms with Crippen molar-refractivity contribution in [2.75, 3.05) is 19.8 Å². The zero-order chi connectivity index (χ0) is 20.4. The van der Waals surface area contributed by atoms with Gasteiger partial charge in [-0.2, -0.15) is 0 Å². The normalized spacial score (nSPS) is 25.8. The average Bonchev–Trinajstić information content (AvgIpc) is 2.73. The third-order valence-corrected chi connectivity index (χ3v) is 6.21. The number of hydrogen-bond acceptors (Lipinski definition) is 6. The molecule has 2 rings (SSSR count). The number of nitrogens with zero attached hydrogens (tertiary/aromatic N) is 1. The van der Waals surface area contributed by atoms with Crippen LogP contribution in [0.2, 0.25) is 0 Å². The predicted octanol–water partition coefficient (Wildman–Crippen LogP) is 3.77. The molecule has 0 N–H and O–H groups in total. The van der Waals surface area contributed by atoms with Gasteiger partial charge >= 0.3 is 0 Å². The van der Waals surface area contributed by atoms with Gasteiger partial charge in [0.15, 0.2) is 0 Å². The molecule has 1 aromatic carbocycles. The molecular formula is C18H33NO5P4. The molecule has 0 aromatic heterocycles. The van der Waals surface area contributed by atoms with Crippen LogP contribution in [0.4, 0.5) is 0 Å². The molecular weight excluding hydrogens is 434 g/mol. The largest absolute Gasteiger partial charge is 0.494 e. The molecule has 4 unspecified atom stereocenters. The lowest BCUT2D eigenvalue weighted by Crippen LogP contribution is -2.62. The summed E-state index contributed by atoms with van der Waals surface area (Å²) in [4.78, 5) is 2.31. The van der Waals surface area contributed by atoms with Gasteiger partial charge in [0.2, 0.25) is 0 Å². The molecule has 160 valence electrons. The van der Waals surface area contributed by atoms with Crippen LogP contribution < -0.4 is 4.74 Å². The van der Waals surface area contributed by atoms with Crippen LogP contribution in [-0.2, 0) is 24.6 Å². The van der Waals surface area contributed by atoms with E-state index in [1.807, 2.05) is 12.1 Å². The van der Waals surface area contributed by atoms with E-state index in [9.17, 15) is 0 Å². The Hall–Kier alpha value is 0.540. The van der Waals surface area contributed by atoms with Gasteiger partial charge in [0, 0.05) is 51.0 Å². The molecule has 1 saturated heterocycles. The summed E-state index contributed by atoms with van der Waals surface area (Å²) in [6.45, 7) is 4.94. The SMILES string of the molecule is CCCCCOc1ccc(CN2C[C@H](OP)[C@@H](OP)[C@@H](OP)[C@@H]2COP)cc1. The van der Waals surface area contributed by atoms with Crippen molar-refractivity contribution in [3.05, 3.63) is 29.8 Å². The maximum atomic E-state index is 5.81. The number of ether oxygens (including phenoxy) is 1. The fourth-order valence-electron chi connectivity index (χ4n) is 3.51. The van der Waals surface area contributed by atoms with E-state index in [2.05, 4.69) is 61.8 Å². The van der Waals surface area contributed by atoms with E-state index in [1.165, 1.54) is 18.4 Å². The fraction of sp³-hybridized carbons (Fsp3) is 0.667. The minimum Gasteiger partial charge on any atom is -0.494 e. The Kier molecular flexibility index (Phi) is 12.2. The van der Waals surface area contributed by atoms with Crippen molar-refractivity contribution in [2.24, 2.45) is 0 Å². The minimum absolute atomic E-state index is 0.0296. The van der Waals surface area contributed by atoms with Crippen LogP contribution in [0.15, 0.2) is 24.3 Å². The number of unbranched alkanes of at least 4 members (excludes halogenated alkanes) is 2. The monoisotopic (exact) mass is 467 g/mol. The zero-order valence-electron chi connectivity index (χ0n) is 16.4. The Morgan fingerprint density at radius 3 is 2.25 bits per heavy atom. The first-order chi connectivity index (χ1) is 13.7. The van der Waals surface area contributed by atoms with E-state index in [-0.39, 0.29) is 24.4 Å². The second kappa shape index (κ2) is 13.8. The van der Waals surface area contributed by atoms with Crippen LogP contribution in [0, 0.1) is 0 Å². The molecule has 28 heavy (non-hydrogen) atoms. The fourth-order valence-corrected chi connectivity index (χ4v) is 4.62. The van der Waals surface area contributed by atoms with Gasteiger partial charge in [-0.05, 0) is 24.1 Å². The van der Waals surface area contributed by atoms with Crippen molar-refractivity contribution in [2.45, 2.75) is 57.1 Å². The van der Waals surface area contributed by atoms with E-state index in [0.29, 0.717) is 13.2 Å². The molecule has 6 nitrogen and oxygen atoms in total. The minimum atomic E-state index is -0.208. The second-order valence-electron chi connectivity index (χ2n) is 6.91. The zero-order valence-corrected chi connectivity index (χ0v) is 21.0. The van der Waals surface area contributed by atoms with Gasteiger partial charge in [0.25, 0.3) is 0 Å². The first-order valence-corrected chi connectivity index (χ1v) is 11.4. The van der Waals surface area contributed by atoms with E-state index in [4.69, 9.17) is 22.8 Å². The van der Waals surface area contributed by atoms with Crippen LogP contribution in [0.25, 0.3) is 0 Å². The van der Waals surface area contributed by atoms with Crippen molar-refractivity contribution in [3.8, 4) is 5.75 Å². The molecule has 8 atom stereocenters. The van der Waals surface area contributed by atoms with Gasteiger partial charge in [-0.15, -0.1) is 0 Å². The molecule has 0 spiro atoms.